The summed E-state index contributed by atoms with van der Waals surface area (Å²) in [6.07, 6.45) is 10.7. The lowest BCUT2D eigenvalue weighted by molar-refractivity contribution is -0.143. The summed E-state index contributed by atoms with van der Waals surface area (Å²) in [4.78, 5) is 11.3. The van der Waals surface area contributed by atoms with E-state index in [2.05, 4.69) is 0 Å². The lowest BCUT2D eigenvalue weighted by Crippen LogP contribution is -2.06. The van der Waals surface area contributed by atoms with Crippen molar-refractivity contribution in [2.75, 3.05) is 19.8 Å². The molecule has 0 bridgehead atoms. The molecule has 1 aliphatic heterocycles. The third-order valence-corrected chi connectivity index (χ3v) is 3.12. The van der Waals surface area contributed by atoms with E-state index in [1.165, 1.54) is 19.3 Å². The van der Waals surface area contributed by atoms with Crippen LogP contribution in [0.5, 0.6) is 0 Å². The van der Waals surface area contributed by atoms with Gasteiger partial charge in [-0.25, -0.2) is 0 Å². The van der Waals surface area contributed by atoms with Gasteiger partial charge in [-0.15, -0.1) is 0 Å². The summed E-state index contributed by atoms with van der Waals surface area (Å²) in [5.74, 6) is -0.0135. The summed E-state index contributed by atoms with van der Waals surface area (Å²) in [6, 6.07) is 0. The molecule has 0 saturated carbocycles. The predicted molar refractivity (Wildman–Crippen MR) is 67.9 cm³/mol. The summed E-state index contributed by atoms with van der Waals surface area (Å²) in [6.45, 7) is 2.39. The Morgan fingerprint density at radius 2 is 1.18 bits per heavy atom. The van der Waals surface area contributed by atoms with Crippen molar-refractivity contribution in [3.63, 3.8) is 0 Å². The summed E-state index contributed by atoms with van der Waals surface area (Å²) in [7, 11) is 0. The van der Waals surface area contributed by atoms with Gasteiger partial charge in [-0.05, 0) is 32.1 Å². The Kier molecular flexibility index (Phi) is 9.01. The highest BCUT2D eigenvalue weighted by Crippen LogP contribution is 2.08. The molecule has 17 heavy (non-hydrogen) atoms. The Hall–Kier alpha value is -0.570. The van der Waals surface area contributed by atoms with Gasteiger partial charge in [0.1, 0.15) is 0 Å². The molecule has 0 aromatic carbocycles. The van der Waals surface area contributed by atoms with Crippen molar-refractivity contribution in [3.8, 4) is 0 Å². The van der Waals surface area contributed by atoms with E-state index in [1.807, 2.05) is 0 Å². The van der Waals surface area contributed by atoms with Crippen LogP contribution >= 0.6 is 0 Å². The van der Waals surface area contributed by atoms with E-state index in [0.717, 1.165) is 51.7 Å². The van der Waals surface area contributed by atoms with Crippen LogP contribution in [0.1, 0.15) is 64.2 Å². The maximum atomic E-state index is 11.3. The van der Waals surface area contributed by atoms with Crippen LogP contribution in [0.2, 0.25) is 0 Å². The van der Waals surface area contributed by atoms with Gasteiger partial charge in [0.15, 0.2) is 0 Å². The van der Waals surface area contributed by atoms with E-state index < -0.39 is 0 Å². The quantitative estimate of drug-likeness (QED) is 0.610. The minimum absolute atomic E-state index is 0.0135. The lowest BCUT2D eigenvalue weighted by atomic mass is 10.1. The molecule has 0 spiro atoms. The van der Waals surface area contributed by atoms with Crippen molar-refractivity contribution in [1.82, 2.24) is 0 Å². The number of carbonyl (C=O) groups is 1. The van der Waals surface area contributed by atoms with E-state index in [4.69, 9.17) is 9.47 Å². The molecule has 1 saturated heterocycles. The van der Waals surface area contributed by atoms with Crippen LogP contribution in [-0.2, 0) is 14.3 Å². The summed E-state index contributed by atoms with van der Waals surface area (Å²) in [5.41, 5.74) is 0. The summed E-state index contributed by atoms with van der Waals surface area (Å²) < 4.78 is 10.7. The topological polar surface area (TPSA) is 35.5 Å². The Morgan fingerprint density at radius 1 is 0.647 bits per heavy atom. The van der Waals surface area contributed by atoms with E-state index >= 15 is 0 Å². The van der Waals surface area contributed by atoms with Gasteiger partial charge in [0.05, 0.1) is 6.61 Å². The van der Waals surface area contributed by atoms with E-state index in [-0.39, 0.29) is 5.97 Å². The van der Waals surface area contributed by atoms with Crippen molar-refractivity contribution in [1.29, 1.82) is 0 Å². The zero-order valence-electron chi connectivity index (χ0n) is 10.9. The number of carbonyl (C=O) groups excluding carboxylic acids is 1. The van der Waals surface area contributed by atoms with Gasteiger partial charge in [0.2, 0.25) is 0 Å². The van der Waals surface area contributed by atoms with Crippen molar-refractivity contribution in [2.24, 2.45) is 0 Å². The van der Waals surface area contributed by atoms with Crippen LogP contribution < -0.4 is 0 Å². The second-order valence-electron chi connectivity index (χ2n) is 4.76. The average molecular weight is 242 g/mol. The number of ether oxygens (including phenoxy) is 2. The smallest absolute Gasteiger partial charge is 0.305 e. The van der Waals surface area contributed by atoms with Gasteiger partial charge in [-0.3, -0.25) is 4.79 Å². The standard InChI is InChI=1S/C14H26O3/c15-14-10-6-2-1-3-7-11-16-12-8-4-5-9-13-17-14/h1-13H2. The van der Waals surface area contributed by atoms with Crippen LogP contribution in [0.15, 0.2) is 0 Å². The number of hydrogen-bond donors (Lipinski definition) is 0. The molecule has 1 fully saturated rings. The predicted octanol–water partition coefficient (Wildman–Crippen LogP) is 3.46. The van der Waals surface area contributed by atoms with Crippen molar-refractivity contribution in [3.05, 3.63) is 0 Å². The maximum absolute atomic E-state index is 11.3. The first-order valence-corrected chi connectivity index (χ1v) is 7.13. The fraction of sp³-hybridized carbons (Fsp3) is 0.929. The van der Waals surface area contributed by atoms with Crippen molar-refractivity contribution >= 4 is 5.97 Å². The van der Waals surface area contributed by atoms with Gasteiger partial charge in [0, 0.05) is 19.6 Å². The molecule has 0 radical (unpaired) electrons. The molecule has 3 nitrogen and oxygen atoms in total. The molecular formula is C14H26O3. The number of cyclic esters (lactones) is 1. The van der Waals surface area contributed by atoms with Crippen LogP contribution in [0.4, 0.5) is 0 Å². The van der Waals surface area contributed by atoms with Gasteiger partial charge < -0.3 is 9.47 Å². The molecule has 1 heterocycles. The fourth-order valence-electron chi connectivity index (χ4n) is 2.02. The molecule has 3 heteroatoms. The first kappa shape index (κ1) is 14.5. The largest absolute Gasteiger partial charge is 0.466 e. The molecule has 1 rings (SSSR count). The second kappa shape index (κ2) is 10.6. The zero-order chi connectivity index (χ0) is 12.2. The Balaban J connectivity index is 2.11. The first-order valence-electron chi connectivity index (χ1n) is 7.13. The molecule has 100 valence electrons. The highest BCUT2D eigenvalue weighted by molar-refractivity contribution is 5.69. The van der Waals surface area contributed by atoms with E-state index in [0.29, 0.717) is 13.0 Å². The van der Waals surface area contributed by atoms with Gasteiger partial charge in [0.25, 0.3) is 0 Å². The summed E-state index contributed by atoms with van der Waals surface area (Å²) in [5, 5.41) is 0. The zero-order valence-corrected chi connectivity index (χ0v) is 10.9. The minimum atomic E-state index is -0.0135. The third kappa shape index (κ3) is 9.16. The Labute approximate surface area is 105 Å². The molecule has 1 aliphatic rings. The molecule has 0 amide bonds. The highest BCUT2D eigenvalue weighted by Gasteiger charge is 2.02. The minimum Gasteiger partial charge on any atom is -0.466 e. The van der Waals surface area contributed by atoms with Gasteiger partial charge in [-0.2, -0.15) is 0 Å². The first-order chi connectivity index (χ1) is 8.39. The third-order valence-electron chi connectivity index (χ3n) is 3.12. The van der Waals surface area contributed by atoms with Crippen LogP contribution in [0.25, 0.3) is 0 Å². The lowest BCUT2D eigenvalue weighted by Gasteiger charge is -2.07. The molecule has 0 atom stereocenters. The molecule has 0 unspecified atom stereocenters. The monoisotopic (exact) mass is 242 g/mol. The van der Waals surface area contributed by atoms with Crippen LogP contribution in [0.3, 0.4) is 0 Å². The molecular weight excluding hydrogens is 216 g/mol. The number of rotatable bonds is 0. The molecule has 0 aliphatic carbocycles. The van der Waals surface area contributed by atoms with E-state index in [9.17, 15) is 4.79 Å². The molecule has 0 aromatic heterocycles. The SMILES string of the molecule is O=C1CCCCCCCOCCCCCCO1. The molecule has 0 aromatic rings. The average Bonchev–Trinajstić information content (AvgIpc) is 2.32. The van der Waals surface area contributed by atoms with Crippen LogP contribution in [-0.4, -0.2) is 25.8 Å². The fourth-order valence-corrected chi connectivity index (χ4v) is 2.02. The van der Waals surface area contributed by atoms with E-state index in [1.54, 1.807) is 0 Å². The van der Waals surface area contributed by atoms with Crippen molar-refractivity contribution in [2.45, 2.75) is 64.2 Å². The molecule has 0 N–H and O–H groups in total. The summed E-state index contributed by atoms with van der Waals surface area (Å²) >= 11 is 0. The Bertz CT molecular complexity index is 174. The second-order valence-corrected chi connectivity index (χ2v) is 4.76. The van der Waals surface area contributed by atoms with Gasteiger partial charge >= 0.3 is 5.97 Å². The Morgan fingerprint density at radius 3 is 1.88 bits per heavy atom. The van der Waals surface area contributed by atoms with Crippen LogP contribution in [0, 0.1) is 0 Å². The maximum Gasteiger partial charge on any atom is 0.305 e. The number of hydrogen-bond acceptors (Lipinski definition) is 3. The number of esters is 1. The van der Waals surface area contributed by atoms with Crippen molar-refractivity contribution < 1.29 is 14.3 Å². The normalized spacial score (nSPS) is 22.9. The van der Waals surface area contributed by atoms with Gasteiger partial charge in [-0.1, -0.05) is 25.7 Å². The highest BCUT2D eigenvalue weighted by atomic mass is 16.5.